The molecule has 0 aliphatic carbocycles. The van der Waals surface area contributed by atoms with Gasteiger partial charge in [-0.25, -0.2) is 8.42 Å². The van der Waals surface area contributed by atoms with Crippen LogP contribution < -0.4 is 5.32 Å². The number of anilines is 1. The van der Waals surface area contributed by atoms with Crippen molar-refractivity contribution in [2.24, 2.45) is 0 Å². The van der Waals surface area contributed by atoms with E-state index in [2.05, 4.69) is 27.6 Å². The fourth-order valence-electron chi connectivity index (χ4n) is 3.62. The summed E-state index contributed by atoms with van der Waals surface area (Å²) in [4.78, 5) is 12.9. The van der Waals surface area contributed by atoms with E-state index < -0.39 is 10.0 Å². The van der Waals surface area contributed by atoms with Gasteiger partial charge in [0.1, 0.15) is 0 Å². The molecule has 1 N–H and O–H groups in total. The summed E-state index contributed by atoms with van der Waals surface area (Å²) >= 11 is 2.96. The molecule has 1 aromatic heterocycles. The van der Waals surface area contributed by atoms with Crippen LogP contribution in [0.25, 0.3) is 0 Å². The van der Waals surface area contributed by atoms with Gasteiger partial charge in [0.2, 0.25) is 15.2 Å². The predicted octanol–water partition coefficient (Wildman–Crippen LogP) is 3.92. The number of nitrogens with zero attached hydrogens (tertiary/aromatic N) is 3. The van der Waals surface area contributed by atoms with E-state index in [1.807, 2.05) is 32.0 Å². The van der Waals surface area contributed by atoms with Crippen LogP contribution >= 0.6 is 23.1 Å². The Labute approximate surface area is 207 Å². The topological polar surface area (TPSA) is 101 Å². The van der Waals surface area contributed by atoms with Crippen molar-refractivity contribution in [2.75, 3.05) is 25.0 Å². The van der Waals surface area contributed by atoms with Gasteiger partial charge in [-0.3, -0.25) is 4.79 Å². The Morgan fingerprint density at radius 1 is 1.12 bits per heavy atom. The number of carbonyl (C=O) groups excluding carboxylic acids is 1. The first-order valence-electron chi connectivity index (χ1n) is 10.8. The molecule has 1 aliphatic rings. The Morgan fingerprint density at radius 3 is 2.59 bits per heavy atom. The molecule has 3 aromatic rings. The predicted molar refractivity (Wildman–Crippen MR) is 134 cm³/mol. The average Bonchev–Trinajstić information content (AvgIpc) is 3.29. The van der Waals surface area contributed by atoms with Crippen molar-refractivity contribution in [1.29, 1.82) is 0 Å². The van der Waals surface area contributed by atoms with E-state index in [9.17, 15) is 13.2 Å². The minimum absolute atomic E-state index is 0.00684. The Morgan fingerprint density at radius 2 is 1.85 bits per heavy atom. The number of Topliss-reactive ketones (excluding diaryl/α,β-unsaturated/α-hetero) is 1. The lowest BCUT2D eigenvalue weighted by Crippen LogP contribution is -2.48. The van der Waals surface area contributed by atoms with Gasteiger partial charge in [0.05, 0.1) is 23.6 Å². The molecule has 2 unspecified atom stereocenters. The van der Waals surface area contributed by atoms with Gasteiger partial charge >= 0.3 is 0 Å². The lowest BCUT2D eigenvalue weighted by atomic mass is 10.1. The number of hydrogen-bond acceptors (Lipinski definition) is 9. The van der Waals surface area contributed by atoms with Gasteiger partial charge in [-0.15, -0.1) is 10.2 Å². The van der Waals surface area contributed by atoms with E-state index in [4.69, 9.17) is 4.74 Å². The summed E-state index contributed by atoms with van der Waals surface area (Å²) in [5.41, 5.74) is 1.52. The SMILES string of the molecule is CC1CN(S(=O)(=O)c2cccc(C(=O)CNc3nnc(SCc4ccccc4)s3)c2)CC(C)O1. The van der Waals surface area contributed by atoms with E-state index in [1.165, 1.54) is 33.3 Å². The van der Waals surface area contributed by atoms with Crippen LogP contribution in [0.2, 0.25) is 0 Å². The molecule has 2 heterocycles. The standard InChI is InChI=1S/C23H26N4O4S3/c1-16-13-27(14-17(2)31-16)34(29,30)20-10-6-9-19(11-20)21(28)12-24-22-25-26-23(33-22)32-15-18-7-4-3-5-8-18/h3-11,16-17H,12-15H2,1-2H3,(H,24,25). The Kier molecular flexibility index (Phi) is 7.99. The van der Waals surface area contributed by atoms with Crippen molar-refractivity contribution in [1.82, 2.24) is 14.5 Å². The van der Waals surface area contributed by atoms with E-state index in [0.29, 0.717) is 10.7 Å². The Bertz CT molecular complexity index is 1220. The van der Waals surface area contributed by atoms with Crippen LogP contribution in [-0.4, -0.2) is 60.5 Å². The monoisotopic (exact) mass is 518 g/mol. The number of carbonyl (C=O) groups is 1. The van der Waals surface area contributed by atoms with Crippen LogP contribution in [0.1, 0.15) is 29.8 Å². The minimum atomic E-state index is -3.72. The van der Waals surface area contributed by atoms with Crippen molar-refractivity contribution in [3.8, 4) is 0 Å². The second-order valence-corrected chi connectivity index (χ2v) is 12.2. The molecule has 0 radical (unpaired) electrons. The van der Waals surface area contributed by atoms with Crippen LogP contribution in [0, 0.1) is 0 Å². The molecule has 0 amide bonds. The van der Waals surface area contributed by atoms with Crippen LogP contribution in [0.4, 0.5) is 5.13 Å². The second kappa shape index (κ2) is 11.0. The van der Waals surface area contributed by atoms with Gasteiger partial charge in [-0.2, -0.15) is 4.31 Å². The maximum atomic E-state index is 13.1. The van der Waals surface area contributed by atoms with Crippen molar-refractivity contribution >= 4 is 44.0 Å². The number of aromatic nitrogens is 2. The third kappa shape index (κ3) is 6.22. The zero-order chi connectivity index (χ0) is 24.1. The number of benzene rings is 2. The van der Waals surface area contributed by atoms with E-state index in [0.717, 1.165) is 10.1 Å². The highest BCUT2D eigenvalue weighted by Gasteiger charge is 2.32. The van der Waals surface area contributed by atoms with Gasteiger partial charge in [0.25, 0.3) is 0 Å². The second-order valence-electron chi connectivity index (χ2n) is 8.03. The third-order valence-corrected chi connectivity index (χ3v) is 9.10. The smallest absolute Gasteiger partial charge is 0.243 e. The lowest BCUT2D eigenvalue weighted by molar-refractivity contribution is -0.0440. The molecule has 1 saturated heterocycles. The first-order chi connectivity index (χ1) is 16.3. The molecule has 0 spiro atoms. The number of hydrogen-bond donors (Lipinski definition) is 1. The molecule has 34 heavy (non-hydrogen) atoms. The number of thioether (sulfide) groups is 1. The minimum Gasteiger partial charge on any atom is -0.373 e. The molecule has 1 fully saturated rings. The summed E-state index contributed by atoms with van der Waals surface area (Å²) in [6.07, 6.45) is -0.370. The molecule has 2 atom stereocenters. The van der Waals surface area contributed by atoms with Gasteiger partial charge in [-0.05, 0) is 31.5 Å². The maximum Gasteiger partial charge on any atom is 0.243 e. The highest BCUT2D eigenvalue weighted by molar-refractivity contribution is 8.00. The molecule has 2 aromatic carbocycles. The lowest BCUT2D eigenvalue weighted by Gasteiger charge is -2.34. The molecule has 11 heteroatoms. The normalized spacial score (nSPS) is 19.1. The summed E-state index contributed by atoms with van der Waals surface area (Å²) in [6, 6.07) is 16.3. The first-order valence-corrected chi connectivity index (χ1v) is 14.1. The molecule has 4 rings (SSSR count). The van der Waals surface area contributed by atoms with Gasteiger partial charge in [0, 0.05) is 24.4 Å². The highest BCUT2D eigenvalue weighted by Crippen LogP contribution is 2.28. The van der Waals surface area contributed by atoms with Crippen molar-refractivity contribution in [3.05, 3.63) is 65.7 Å². The molecule has 1 aliphatic heterocycles. The number of rotatable bonds is 9. The molecule has 180 valence electrons. The molecular formula is C23H26N4O4S3. The summed E-state index contributed by atoms with van der Waals surface area (Å²) < 4.78 is 34.1. The highest BCUT2D eigenvalue weighted by atomic mass is 32.2. The molecule has 0 bridgehead atoms. The number of sulfonamides is 1. The number of ether oxygens (including phenoxy) is 1. The van der Waals surface area contributed by atoms with E-state index in [1.54, 1.807) is 23.9 Å². The summed E-state index contributed by atoms with van der Waals surface area (Å²) in [7, 11) is -3.72. The Hall–Kier alpha value is -2.31. The summed E-state index contributed by atoms with van der Waals surface area (Å²) in [5.74, 6) is 0.561. The fourth-order valence-corrected chi connectivity index (χ4v) is 6.96. The first kappa shape index (κ1) is 24.8. The van der Waals surface area contributed by atoms with Crippen LogP contribution in [-0.2, 0) is 20.5 Å². The fraction of sp³-hybridized carbons (Fsp3) is 0.348. The number of nitrogens with one attached hydrogen (secondary N) is 1. The van der Waals surface area contributed by atoms with Crippen molar-refractivity contribution < 1.29 is 17.9 Å². The molecule has 0 saturated carbocycles. The molecular weight excluding hydrogens is 492 g/mol. The average molecular weight is 519 g/mol. The van der Waals surface area contributed by atoms with Crippen molar-refractivity contribution in [3.63, 3.8) is 0 Å². The van der Waals surface area contributed by atoms with Gasteiger partial charge in [0.15, 0.2) is 10.1 Å². The van der Waals surface area contributed by atoms with E-state index in [-0.39, 0.29) is 42.5 Å². The van der Waals surface area contributed by atoms with Gasteiger partial charge < -0.3 is 10.1 Å². The quantitative estimate of drug-likeness (QED) is 0.336. The number of morpholine rings is 1. The maximum absolute atomic E-state index is 13.1. The van der Waals surface area contributed by atoms with Crippen LogP contribution in [0.3, 0.4) is 0 Å². The van der Waals surface area contributed by atoms with Crippen molar-refractivity contribution in [2.45, 2.75) is 41.0 Å². The third-order valence-electron chi connectivity index (χ3n) is 5.19. The van der Waals surface area contributed by atoms with Crippen LogP contribution in [0.15, 0.2) is 63.8 Å². The zero-order valence-electron chi connectivity index (χ0n) is 18.9. The zero-order valence-corrected chi connectivity index (χ0v) is 21.3. The summed E-state index contributed by atoms with van der Waals surface area (Å²) in [5, 5.41) is 11.8. The largest absolute Gasteiger partial charge is 0.373 e. The Balaban J connectivity index is 1.36. The number of ketones is 1. The summed E-state index contributed by atoms with van der Waals surface area (Å²) in [6.45, 7) is 4.26. The van der Waals surface area contributed by atoms with Gasteiger partial charge in [-0.1, -0.05) is 65.6 Å². The molecule has 8 nitrogen and oxygen atoms in total. The van der Waals surface area contributed by atoms with Crippen LogP contribution in [0.5, 0.6) is 0 Å². The van der Waals surface area contributed by atoms with E-state index >= 15 is 0 Å².